The van der Waals surface area contributed by atoms with E-state index in [-0.39, 0.29) is 12.0 Å². The monoisotopic (exact) mass is 334 g/mol. The lowest BCUT2D eigenvalue weighted by atomic mass is 10.2. The first-order valence-corrected chi connectivity index (χ1v) is 8.03. The number of nitrogens with one attached hydrogen (secondary N) is 1. The molecule has 0 bridgehead atoms. The number of nitrogens with zero attached hydrogens (tertiary/aromatic N) is 3. The van der Waals surface area contributed by atoms with Gasteiger partial charge in [-0.1, -0.05) is 22.9 Å². The van der Waals surface area contributed by atoms with Crippen LogP contribution in [-0.4, -0.2) is 40.2 Å². The quantitative estimate of drug-likeness (QED) is 0.932. The average molecular weight is 335 g/mol. The smallest absolute Gasteiger partial charge is 0.273 e. The van der Waals surface area contributed by atoms with Gasteiger partial charge in [-0.3, -0.25) is 4.79 Å². The Morgan fingerprint density at radius 3 is 3.04 bits per heavy atom. The molecule has 3 rings (SSSR count). The highest BCUT2D eigenvalue weighted by Gasteiger charge is 2.21. The zero-order valence-electron chi connectivity index (χ0n) is 13.2. The zero-order valence-corrected chi connectivity index (χ0v) is 13.9. The Balaban J connectivity index is 1.78. The standard InChI is InChI=1S/C16H19ClN4O2/c1-10-13(17)6-3-7-14(10)21-11(2)15(19-20-21)16(22)18-9-12-5-4-8-23-12/h3,6-7,12H,4-5,8-9H2,1-2H3,(H,18,22)/t12-/m0/s1. The second-order valence-corrected chi connectivity index (χ2v) is 6.07. The Morgan fingerprint density at radius 1 is 1.48 bits per heavy atom. The van der Waals surface area contributed by atoms with Gasteiger partial charge in [0.15, 0.2) is 5.69 Å². The fourth-order valence-electron chi connectivity index (χ4n) is 2.69. The van der Waals surface area contributed by atoms with Gasteiger partial charge in [0.1, 0.15) is 0 Å². The summed E-state index contributed by atoms with van der Waals surface area (Å²) < 4.78 is 7.14. The number of hydrogen-bond donors (Lipinski definition) is 1. The van der Waals surface area contributed by atoms with Crippen molar-refractivity contribution >= 4 is 17.5 Å². The van der Waals surface area contributed by atoms with Crippen LogP contribution in [-0.2, 0) is 4.74 Å². The van der Waals surface area contributed by atoms with E-state index >= 15 is 0 Å². The summed E-state index contributed by atoms with van der Waals surface area (Å²) in [5, 5.41) is 11.7. The summed E-state index contributed by atoms with van der Waals surface area (Å²) in [6.07, 6.45) is 2.13. The Kier molecular flexibility index (Phi) is 4.63. The molecule has 0 radical (unpaired) electrons. The lowest BCUT2D eigenvalue weighted by Gasteiger charge is -2.10. The predicted octanol–water partition coefficient (Wildman–Crippen LogP) is 2.45. The maximum absolute atomic E-state index is 12.3. The molecule has 122 valence electrons. The Morgan fingerprint density at radius 2 is 2.30 bits per heavy atom. The summed E-state index contributed by atoms with van der Waals surface area (Å²) in [7, 11) is 0. The van der Waals surface area contributed by atoms with Gasteiger partial charge in [0, 0.05) is 18.2 Å². The van der Waals surface area contributed by atoms with Crippen LogP contribution in [0.5, 0.6) is 0 Å². The van der Waals surface area contributed by atoms with Crippen LogP contribution in [0, 0.1) is 13.8 Å². The molecule has 0 unspecified atom stereocenters. The van der Waals surface area contributed by atoms with Crippen LogP contribution >= 0.6 is 11.6 Å². The summed E-state index contributed by atoms with van der Waals surface area (Å²) in [5.41, 5.74) is 2.72. The zero-order chi connectivity index (χ0) is 16.4. The lowest BCUT2D eigenvalue weighted by Crippen LogP contribution is -2.32. The van der Waals surface area contributed by atoms with Gasteiger partial charge in [-0.25, -0.2) is 4.68 Å². The topological polar surface area (TPSA) is 69.0 Å². The molecule has 0 spiro atoms. The van der Waals surface area contributed by atoms with Crippen LogP contribution in [0.2, 0.25) is 5.02 Å². The maximum atomic E-state index is 12.3. The summed E-state index contributed by atoms with van der Waals surface area (Å²) >= 11 is 6.15. The van der Waals surface area contributed by atoms with Crippen molar-refractivity contribution in [2.24, 2.45) is 0 Å². The van der Waals surface area contributed by atoms with Gasteiger partial charge in [-0.05, 0) is 44.4 Å². The van der Waals surface area contributed by atoms with Crippen molar-refractivity contribution in [2.45, 2.75) is 32.8 Å². The van der Waals surface area contributed by atoms with Crippen LogP contribution in [0.15, 0.2) is 18.2 Å². The van der Waals surface area contributed by atoms with Crippen LogP contribution in [0.3, 0.4) is 0 Å². The summed E-state index contributed by atoms with van der Waals surface area (Å²) in [5.74, 6) is -0.232. The number of ether oxygens (including phenoxy) is 1. The van der Waals surface area contributed by atoms with Gasteiger partial charge in [-0.15, -0.1) is 5.10 Å². The summed E-state index contributed by atoms with van der Waals surface area (Å²) in [6.45, 7) is 5.00. The minimum Gasteiger partial charge on any atom is -0.376 e. The molecule has 1 aromatic carbocycles. The number of aromatic nitrogens is 3. The largest absolute Gasteiger partial charge is 0.376 e. The Labute approximate surface area is 139 Å². The molecule has 1 amide bonds. The molecule has 1 aromatic heterocycles. The van der Waals surface area contributed by atoms with Gasteiger partial charge >= 0.3 is 0 Å². The van der Waals surface area contributed by atoms with E-state index in [4.69, 9.17) is 16.3 Å². The minimum absolute atomic E-state index is 0.101. The molecule has 0 aliphatic carbocycles. The van der Waals surface area contributed by atoms with Gasteiger partial charge in [0.05, 0.1) is 17.5 Å². The molecule has 23 heavy (non-hydrogen) atoms. The first-order chi connectivity index (χ1) is 11.1. The maximum Gasteiger partial charge on any atom is 0.273 e. The SMILES string of the molecule is Cc1c(Cl)cccc1-n1nnc(C(=O)NC[C@@H]2CCCO2)c1C. The van der Waals surface area contributed by atoms with E-state index in [9.17, 15) is 4.79 Å². The number of halogens is 1. The van der Waals surface area contributed by atoms with E-state index in [1.165, 1.54) is 0 Å². The Hall–Kier alpha value is -1.92. The van der Waals surface area contributed by atoms with E-state index < -0.39 is 0 Å². The molecule has 7 heteroatoms. The molecule has 2 heterocycles. The van der Waals surface area contributed by atoms with E-state index in [0.717, 1.165) is 30.7 Å². The number of benzene rings is 1. The molecule has 1 aliphatic heterocycles. The van der Waals surface area contributed by atoms with Crippen LogP contribution < -0.4 is 5.32 Å². The molecule has 1 fully saturated rings. The van der Waals surface area contributed by atoms with Crippen LogP contribution in [0.25, 0.3) is 5.69 Å². The highest BCUT2D eigenvalue weighted by Crippen LogP contribution is 2.23. The minimum atomic E-state index is -0.232. The van der Waals surface area contributed by atoms with Crippen molar-refractivity contribution in [1.82, 2.24) is 20.3 Å². The molecular formula is C16H19ClN4O2. The highest BCUT2D eigenvalue weighted by molar-refractivity contribution is 6.31. The van der Waals surface area contributed by atoms with Gasteiger partial charge in [0.25, 0.3) is 5.91 Å². The summed E-state index contributed by atoms with van der Waals surface area (Å²) in [4.78, 5) is 12.3. The highest BCUT2D eigenvalue weighted by atomic mass is 35.5. The summed E-state index contributed by atoms with van der Waals surface area (Å²) in [6, 6.07) is 5.57. The molecule has 1 atom stereocenters. The van der Waals surface area contributed by atoms with E-state index in [1.807, 2.05) is 32.0 Å². The number of rotatable bonds is 4. The number of amides is 1. The van der Waals surface area contributed by atoms with Crippen LogP contribution in [0.1, 0.15) is 34.6 Å². The third-order valence-electron chi connectivity index (χ3n) is 4.09. The lowest BCUT2D eigenvalue weighted by molar-refractivity contribution is 0.0853. The van der Waals surface area contributed by atoms with Crippen molar-refractivity contribution in [3.05, 3.63) is 40.2 Å². The second kappa shape index (κ2) is 6.68. The van der Waals surface area contributed by atoms with Gasteiger partial charge in [-0.2, -0.15) is 0 Å². The van der Waals surface area contributed by atoms with Gasteiger partial charge < -0.3 is 10.1 Å². The predicted molar refractivity (Wildman–Crippen MR) is 87.2 cm³/mol. The number of carbonyl (C=O) groups is 1. The molecule has 0 saturated carbocycles. The fourth-order valence-corrected chi connectivity index (χ4v) is 2.86. The van der Waals surface area contributed by atoms with Crippen molar-refractivity contribution in [3.8, 4) is 5.69 Å². The average Bonchev–Trinajstić information content (AvgIpc) is 3.18. The first-order valence-electron chi connectivity index (χ1n) is 7.65. The van der Waals surface area contributed by atoms with Crippen molar-refractivity contribution in [3.63, 3.8) is 0 Å². The number of carbonyl (C=O) groups excluding carboxylic acids is 1. The van der Waals surface area contributed by atoms with Gasteiger partial charge in [0.2, 0.25) is 0 Å². The third-order valence-corrected chi connectivity index (χ3v) is 4.50. The van der Waals surface area contributed by atoms with Crippen molar-refractivity contribution in [1.29, 1.82) is 0 Å². The van der Waals surface area contributed by atoms with Crippen molar-refractivity contribution < 1.29 is 9.53 Å². The third kappa shape index (κ3) is 3.23. The van der Waals surface area contributed by atoms with Crippen molar-refractivity contribution in [2.75, 3.05) is 13.2 Å². The Bertz CT molecular complexity index is 723. The molecule has 1 N–H and O–H groups in total. The fraction of sp³-hybridized carbons (Fsp3) is 0.438. The van der Waals surface area contributed by atoms with E-state index in [1.54, 1.807) is 4.68 Å². The molecule has 6 nitrogen and oxygen atoms in total. The molecule has 1 saturated heterocycles. The number of hydrogen-bond acceptors (Lipinski definition) is 4. The second-order valence-electron chi connectivity index (χ2n) is 5.66. The molecule has 2 aromatic rings. The molecule has 1 aliphatic rings. The van der Waals surface area contributed by atoms with E-state index in [0.29, 0.717) is 23.0 Å². The first kappa shape index (κ1) is 16.0. The van der Waals surface area contributed by atoms with E-state index in [2.05, 4.69) is 15.6 Å². The normalized spacial score (nSPS) is 17.4. The van der Waals surface area contributed by atoms with Crippen LogP contribution in [0.4, 0.5) is 0 Å². The molecular weight excluding hydrogens is 316 g/mol.